The number of sulfonamides is 1. The number of halogens is 1. The van der Waals surface area contributed by atoms with Crippen molar-refractivity contribution in [1.82, 2.24) is 29.8 Å². The third-order valence-electron chi connectivity index (χ3n) is 12.5. The van der Waals surface area contributed by atoms with Crippen LogP contribution in [-0.2, 0) is 29.2 Å². The molecule has 6 atom stereocenters. The van der Waals surface area contributed by atoms with E-state index < -0.39 is 74.1 Å². The second-order valence-corrected chi connectivity index (χ2v) is 21.2. The van der Waals surface area contributed by atoms with E-state index >= 15 is 0 Å². The molecular formula is C44H57FN6O8S2. The van der Waals surface area contributed by atoms with Crippen LogP contribution in [0.25, 0.3) is 21.6 Å². The first kappa shape index (κ1) is 44.4. The zero-order valence-electron chi connectivity index (χ0n) is 36.0. The number of rotatable bonds is 14. The van der Waals surface area contributed by atoms with Crippen molar-refractivity contribution in [3.63, 3.8) is 0 Å². The number of amides is 4. The molecule has 4 aliphatic rings. The molecule has 4 fully saturated rings. The molecule has 1 aromatic carbocycles. The van der Waals surface area contributed by atoms with Crippen LogP contribution in [0.5, 0.6) is 11.5 Å². The van der Waals surface area contributed by atoms with E-state index in [1.165, 1.54) is 27.2 Å². The van der Waals surface area contributed by atoms with E-state index in [4.69, 9.17) is 19.4 Å². The second-order valence-electron chi connectivity index (χ2n) is 18.4. The lowest BCUT2D eigenvalue weighted by atomic mass is 9.77. The van der Waals surface area contributed by atoms with Gasteiger partial charge in [0.05, 0.1) is 42.6 Å². The molecule has 17 heteroatoms. The molecule has 3 aromatic rings. The summed E-state index contributed by atoms with van der Waals surface area (Å²) in [6.07, 6.45) is 1.36. The van der Waals surface area contributed by atoms with Gasteiger partial charge in [0.25, 0.3) is 5.91 Å². The van der Waals surface area contributed by atoms with Crippen LogP contribution in [-0.4, -0.2) is 108 Å². The average molecular weight is 881 g/mol. The van der Waals surface area contributed by atoms with Crippen LogP contribution in [0.4, 0.5) is 4.39 Å². The Morgan fingerprint density at radius 2 is 1.85 bits per heavy atom. The molecule has 2 saturated heterocycles. The van der Waals surface area contributed by atoms with Crippen LogP contribution in [0.3, 0.4) is 0 Å². The number of aryl methyl sites for hydroxylation is 1. The number of piperidine rings is 1. The summed E-state index contributed by atoms with van der Waals surface area (Å²) in [4.78, 5) is 69.7. The summed E-state index contributed by atoms with van der Waals surface area (Å²) in [6.45, 7) is 15.7. The number of alkyl halides is 1. The Morgan fingerprint density at radius 1 is 1.11 bits per heavy atom. The molecule has 61 heavy (non-hydrogen) atoms. The third-order valence-corrected chi connectivity index (χ3v) is 15.2. The van der Waals surface area contributed by atoms with Gasteiger partial charge in [0, 0.05) is 47.7 Å². The Labute approximate surface area is 361 Å². The van der Waals surface area contributed by atoms with E-state index in [1.807, 2.05) is 51.3 Å². The minimum absolute atomic E-state index is 0.0118. The highest BCUT2D eigenvalue weighted by Gasteiger charge is 2.62. The van der Waals surface area contributed by atoms with Crippen molar-refractivity contribution in [2.45, 2.75) is 122 Å². The van der Waals surface area contributed by atoms with Gasteiger partial charge < -0.3 is 24.6 Å². The number of benzene rings is 1. The minimum atomic E-state index is -3.93. The molecule has 0 bridgehead atoms. The molecule has 4 amide bonds. The minimum Gasteiger partial charge on any atom is -0.496 e. The van der Waals surface area contributed by atoms with E-state index in [0.717, 1.165) is 11.3 Å². The van der Waals surface area contributed by atoms with Crippen molar-refractivity contribution in [3.05, 3.63) is 47.5 Å². The SMILES string of the molecule is C=C[C@@H]1CC1(NC(=O)[C@@H]1C[C@@H](Oc2cc(-c3nc(C(C)C)cs3)nc3c(C)c(OC)ccc23)CN1C(=O)[C@@H](CC(=O)N1CCCC(F)C1)C(C)(C)C)C(=O)NS(=O)(=O)C1CC1. The summed E-state index contributed by atoms with van der Waals surface area (Å²) in [6, 6.07) is 4.31. The Kier molecular flexibility index (Phi) is 12.3. The number of carbonyl (C=O) groups is 4. The summed E-state index contributed by atoms with van der Waals surface area (Å²) in [7, 11) is -2.35. The maximum Gasteiger partial charge on any atom is 0.259 e. The zero-order valence-corrected chi connectivity index (χ0v) is 37.6. The molecule has 2 aliphatic carbocycles. The summed E-state index contributed by atoms with van der Waals surface area (Å²) >= 11 is 1.46. The van der Waals surface area contributed by atoms with Crippen molar-refractivity contribution in [2.75, 3.05) is 26.7 Å². The molecule has 2 aliphatic heterocycles. The smallest absolute Gasteiger partial charge is 0.259 e. The number of aromatic nitrogens is 2. The van der Waals surface area contributed by atoms with Crippen molar-refractivity contribution in [3.8, 4) is 22.2 Å². The number of nitrogens with one attached hydrogen (secondary N) is 2. The first-order chi connectivity index (χ1) is 28.8. The standard InChI is InChI=1S/C44H57FN6O8S2/c1-9-26-20-44(26,42(55)49-61(56,57)29-12-13-29)48-39(53)34-17-28(22-51(34)41(54)31(43(5,6)7)18-37(52)50-16-10-11-27(45)21-50)59-36-19-32(40-47-33(23-60-40)24(2)3)46-38-25(4)35(58-8)15-14-30(36)38/h9,14-15,19,23-24,26-29,31,34H,1,10-13,16-18,20-22H2,2-8H3,(H,48,53)(H,49,55)/t26-,27?,28-,31-,34+,44?/m1/s1. The molecule has 2 saturated carbocycles. The quantitative estimate of drug-likeness (QED) is 0.188. The normalized spacial score (nSPS) is 24.7. The van der Waals surface area contributed by atoms with Crippen LogP contribution in [0.15, 0.2) is 36.2 Å². The summed E-state index contributed by atoms with van der Waals surface area (Å²) < 4.78 is 54.8. The van der Waals surface area contributed by atoms with Gasteiger partial charge in [-0.3, -0.25) is 23.9 Å². The number of methoxy groups -OCH3 is 1. The Bertz CT molecular complexity index is 2340. The van der Waals surface area contributed by atoms with Gasteiger partial charge in [-0.05, 0) is 62.5 Å². The van der Waals surface area contributed by atoms with Gasteiger partial charge in [0.1, 0.15) is 46.1 Å². The van der Waals surface area contributed by atoms with Gasteiger partial charge in [0.2, 0.25) is 27.7 Å². The van der Waals surface area contributed by atoms with Crippen LogP contribution >= 0.6 is 11.3 Å². The van der Waals surface area contributed by atoms with E-state index in [2.05, 4.69) is 30.5 Å². The van der Waals surface area contributed by atoms with Gasteiger partial charge in [-0.15, -0.1) is 17.9 Å². The number of likely N-dealkylation sites (tertiary alicyclic amines) is 2. The predicted octanol–water partition coefficient (Wildman–Crippen LogP) is 5.83. The van der Waals surface area contributed by atoms with Crippen molar-refractivity contribution >= 4 is 55.9 Å². The van der Waals surface area contributed by atoms with Gasteiger partial charge in [-0.1, -0.05) is 40.7 Å². The van der Waals surface area contributed by atoms with Crippen LogP contribution in [0.2, 0.25) is 0 Å². The van der Waals surface area contributed by atoms with Crippen molar-refractivity contribution in [2.24, 2.45) is 17.3 Å². The van der Waals surface area contributed by atoms with Crippen molar-refractivity contribution in [1.29, 1.82) is 0 Å². The fourth-order valence-electron chi connectivity index (χ4n) is 8.47. The monoisotopic (exact) mass is 880 g/mol. The second kappa shape index (κ2) is 16.9. The maximum absolute atomic E-state index is 15.0. The van der Waals surface area contributed by atoms with Gasteiger partial charge >= 0.3 is 0 Å². The summed E-state index contributed by atoms with van der Waals surface area (Å²) in [5, 5.41) is 5.55. The fraction of sp³-hybridized carbons (Fsp3) is 0.591. The molecule has 2 unspecified atom stereocenters. The highest BCUT2D eigenvalue weighted by atomic mass is 32.2. The fourth-order valence-corrected chi connectivity index (χ4v) is 10.8. The van der Waals surface area contributed by atoms with Crippen LogP contribution in [0, 0.1) is 24.2 Å². The number of ether oxygens (including phenoxy) is 2. The number of hydrogen-bond donors (Lipinski definition) is 2. The number of nitrogens with zero attached hydrogens (tertiary/aromatic N) is 4. The van der Waals surface area contributed by atoms with Crippen LogP contribution < -0.4 is 19.5 Å². The molecule has 0 radical (unpaired) electrons. The molecule has 14 nitrogen and oxygen atoms in total. The summed E-state index contributed by atoms with van der Waals surface area (Å²) in [5.74, 6) is -2.48. The molecule has 330 valence electrons. The third kappa shape index (κ3) is 9.13. The number of fused-ring (bicyclic) bond motifs is 1. The maximum atomic E-state index is 15.0. The van der Waals surface area contributed by atoms with Gasteiger partial charge in [-0.25, -0.2) is 22.8 Å². The van der Waals surface area contributed by atoms with E-state index in [0.29, 0.717) is 65.3 Å². The molecule has 4 heterocycles. The predicted molar refractivity (Wildman–Crippen MR) is 230 cm³/mol. The Morgan fingerprint density at radius 3 is 2.46 bits per heavy atom. The Balaban J connectivity index is 1.23. The lowest BCUT2D eigenvalue weighted by Crippen LogP contribution is -2.57. The molecule has 2 aromatic heterocycles. The van der Waals surface area contributed by atoms with Gasteiger partial charge in [0.15, 0.2) is 0 Å². The van der Waals surface area contributed by atoms with E-state index in [1.54, 1.807) is 7.11 Å². The topological polar surface area (TPSA) is 177 Å². The average Bonchev–Trinajstić information content (AvgIpc) is 4.09. The zero-order chi connectivity index (χ0) is 44.2. The highest BCUT2D eigenvalue weighted by molar-refractivity contribution is 7.91. The van der Waals surface area contributed by atoms with Gasteiger partial charge in [-0.2, -0.15) is 0 Å². The number of thiazole rings is 1. The Hall–Kier alpha value is -4.64. The molecule has 2 N–H and O–H groups in total. The number of carbonyl (C=O) groups excluding carboxylic acids is 4. The first-order valence-electron chi connectivity index (χ1n) is 21.1. The first-order valence-corrected chi connectivity index (χ1v) is 23.5. The molecule has 0 spiro atoms. The van der Waals surface area contributed by atoms with Crippen molar-refractivity contribution < 1.29 is 41.5 Å². The number of hydrogen-bond acceptors (Lipinski definition) is 11. The largest absolute Gasteiger partial charge is 0.496 e. The molecule has 7 rings (SSSR count). The van der Waals surface area contributed by atoms with Crippen LogP contribution in [0.1, 0.15) is 96.7 Å². The molecular weight excluding hydrogens is 824 g/mol. The summed E-state index contributed by atoms with van der Waals surface area (Å²) in [5.41, 5.74) is 0.579. The highest BCUT2D eigenvalue weighted by Crippen LogP contribution is 2.46. The van der Waals surface area contributed by atoms with E-state index in [-0.39, 0.29) is 44.2 Å². The lowest BCUT2D eigenvalue weighted by Gasteiger charge is -2.37. The number of pyridine rings is 1. The lowest BCUT2D eigenvalue weighted by molar-refractivity contribution is -0.149. The van der Waals surface area contributed by atoms with E-state index in [9.17, 15) is 32.0 Å².